The van der Waals surface area contributed by atoms with Crippen molar-refractivity contribution in [2.24, 2.45) is 0 Å². The lowest BCUT2D eigenvalue weighted by molar-refractivity contribution is -0.125. The highest BCUT2D eigenvalue weighted by Gasteiger charge is 2.22. The topological polar surface area (TPSA) is 74.0 Å². The van der Waals surface area contributed by atoms with Gasteiger partial charge in [0.05, 0.1) is 5.69 Å². The Kier molecular flexibility index (Phi) is 5.37. The smallest absolute Gasteiger partial charge is 0.247 e. The zero-order chi connectivity index (χ0) is 18.7. The number of anilines is 1. The molecule has 0 saturated heterocycles. The van der Waals surface area contributed by atoms with E-state index >= 15 is 0 Å². The van der Waals surface area contributed by atoms with Gasteiger partial charge in [-0.25, -0.2) is 4.39 Å². The van der Waals surface area contributed by atoms with Crippen LogP contribution in [0, 0.1) is 5.82 Å². The number of carbonyl (C=O) groups excluding carboxylic acids is 2. The van der Waals surface area contributed by atoms with Crippen LogP contribution in [0.3, 0.4) is 0 Å². The Bertz CT molecular complexity index is 970. The number of benzene rings is 2. The van der Waals surface area contributed by atoms with Crippen molar-refractivity contribution in [1.82, 2.24) is 10.3 Å². The molecule has 26 heavy (non-hydrogen) atoms. The van der Waals surface area contributed by atoms with Gasteiger partial charge in [-0.3, -0.25) is 9.59 Å². The van der Waals surface area contributed by atoms with Crippen molar-refractivity contribution in [3.05, 3.63) is 64.5 Å². The van der Waals surface area contributed by atoms with Crippen molar-refractivity contribution in [3.8, 4) is 0 Å². The van der Waals surface area contributed by atoms with Crippen molar-refractivity contribution in [2.75, 3.05) is 5.32 Å². The van der Waals surface area contributed by atoms with E-state index in [-0.39, 0.29) is 18.0 Å². The van der Waals surface area contributed by atoms with E-state index in [1.165, 1.54) is 19.1 Å². The normalized spacial score (nSPS) is 12.0. The molecule has 0 spiro atoms. The molecule has 1 atom stereocenters. The van der Waals surface area contributed by atoms with Crippen molar-refractivity contribution in [1.29, 1.82) is 0 Å². The average molecular weight is 418 g/mol. The molecule has 3 N–H and O–H groups in total. The van der Waals surface area contributed by atoms with Gasteiger partial charge in [-0.2, -0.15) is 0 Å². The molecule has 0 fully saturated rings. The average Bonchev–Trinajstić information content (AvgIpc) is 2.99. The third kappa shape index (κ3) is 4.11. The molecule has 7 heteroatoms. The number of nitrogens with one attached hydrogen (secondary N) is 3. The number of hydrogen-bond donors (Lipinski definition) is 3. The Morgan fingerprint density at radius 2 is 2.00 bits per heavy atom. The van der Waals surface area contributed by atoms with Crippen LogP contribution in [-0.2, 0) is 16.0 Å². The van der Waals surface area contributed by atoms with Gasteiger partial charge in [0.15, 0.2) is 0 Å². The number of halogens is 2. The number of aromatic nitrogens is 1. The molecule has 5 nitrogen and oxygen atoms in total. The van der Waals surface area contributed by atoms with Crippen molar-refractivity contribution >= 4 is 44.3 Å². The first-order valence-corrected chi connectivity index (χ1v) is 8.81. The predicted molar refractivity (Wildman–Crippen MR) is 102 cm³/mol. The minimum atomic E-state index is -0.824. The molecule has 2 aromatic carbocycles. The van der Waals surface area contributed by atoms with Gasteiger partial charge in [0.2, 0.25) is 11.8 Å². The molecule has 0 radical (unpaired) electrons. The zero-order valence-corrected chi connectivity index (χ0v) is 15.6. The summed E-state index contributed by atoms with van der Waals surface area (Å²) in [7, 11) is 0. The molecule has 0 bridgehead atoms. The van der Waals surface area contributed by atoms with Gasteiger partial charge >= 0.3 is 0 Å². The Hall–Kier alpha value is -2.67. The van der Waals surface area contributed by atoms with Gasteiger partial charge in [-0.15, -0.1) is 0 Å². The van der Waals surface area contributed by atoms with Gasteiger partial charge in [0.1, 0.15) is 11.9 Å². The first-order chi connectivity index (χ1) is 12.4. The summed E-state index contributed by atoms with van der Waals surface area (Å²) in [4.78, 5) is 27.3. The first-order valence-electron chi connectivity index (χ1n) is 8.02. The molecular formula is C19H17BrFN3O2. The fourth-order valence-electron chi connectivity index (χ4n) is 2.79. The largest absolute Gasteiger partial charge is 0.361 e. The SMILES string of the molecule is CC(=O)NC(Cc1c[nH]c2ccccc12)C(=O)Nc1ccc(Br)cc1F. The molecule has 1 unspecified atom stereocenters. The maximum absolute atomic E-state index is 14.0. The predicted octanol–water partition coefficient (Wildman–Crippen LogP) is 3.76. The highest BCUT2D eigenvalue weighted by molar-refractivity contribution is 9.10. The molecule has 2 amide bonds. The number of para-hydroxylation sites is 1. The maximum atomic E-state index is 14.0. The summed E-state index contributed by atoms with van der Waals surface area (Å²) >= 11 is 3.17. The number of hydrogen-bond acceptors (Lipinski definition) is 2. The van der Waals surface area contributed by atoms with Crippen LogP contribution < -0.4 is 10.6 Å². The monoisotopic (exact) mass is 417 g/mol. The van der Waals surface area contributed by atoms with Crippen molar-refractivity contribution < 1.29 is 14.0 Å². The van der Waals surface area contributed by atoms with Crippen LogP contribution in [0.15, 0.2) is 53.1 Å². The van der Waals surface area contributed by atoms with Crippen molar-refractivity contribution in [3.63, 3.8) is 0 Å². The molecule has 1 heterocycles. The summed E-state index contributed by atoms with van der Waals surface area (Å²) in [5.74, 6) is -1.37. The van der Waals surface area contributed by atoms with E-state index in [0.717, 1.165) is 16.5 Å². The number of H-pyrrole nitrogens is 1. The lowest BCUT2D eigenvalue weighted by Crippen LogP contribution is -2.44. The van der Waals surface area contributed by atoms with Crippen LogP contribution in [0.2, 0.25) is 0 Å². The van der Waals surface area contributed by atoms with Gasteiger partial charge in [-0.05, 0) is 29.8 Å². The molecule has 0 aliphatic rings. The summed E-state index contributed by atoms with van der Waals surface area (Å²) in [5.41, 5.74) is 1.90. The number of carbonyl (C=O) groups is 2. The molecule has 3 aromatic rings. The number of rotatable bonds is 5. The van der Waals surface area contributed by atoms with Crippen LogP contribution in [0.1, 0.15) is 12.5 Å². The van der Waals surface area contributed by atoms with E-state index in [0.29, 0.717) is 4.47 Å². The Labute approximate surface area is 158 Å². The molecule has 0 saturated carbocycles. The maximum Gasteiger partial charge on any atom is 0.247 e. The summed E-state index contributed by atoms with van der Waals surface area (Å²) in [6.07, 6.45) is 2.10. The number of fused-ring (bicyclic) bond motifs is 1. The fourth-order valence-corrected chi connectivity index (χ4v) is 3.12. The van der Waals surface area contributed by atoms with Crippen LogP contribution >= 0.6 is 15.9 Å². The van der Waals surface area contributed by atoms with Gasteiger partial charge in [-0.1, -0.05) is 34.1 Å². The Balaban J connectivity index is 1.83. The minimum Gasteiger partial charge on any atom is -0.361 e. The second-order valence-electron chi connectivity index (χ2n) is 5.93. The standard InChI is InChI=1S/C19H17BrFN3O2/c1-11(25)23-18(8-12-10-22-16-5-3-2-4-14(12)16)19(26)24-17-7-6-13(20)9-15(17)21/h2-7,9-10,18,22H,8H2,1H3,(H,23,25)(H,24,26). The highest BCUT2D eigenvalue weighted by Crippen LogP contribution is 2.21. The van der Waals surface area contributed by atoms with E-state index < -0.39 is 17.8 Å². The lowest BCUT2D eigenvalue weighted by Gasteiger charge is -2.18. The molecule has 0 aliphatic carbocycles. The molecule has 1 aromatic heterocycles. The van der Waals surface area contributed by atoms with E-state index in [1.807, 2.05) is 30.5 Å². The lowest BCUT2D eigenvalue weighted by atomic mass is 10.0. The molecule has 134 valence electrons. The van der Waals surface area contributed by atoms with E-state index in [9.17, 15) is 14.0 Å². The Morgan fingerprint density at radius 1 is 1.23 bits per heavy atom. The first kappa shape index (κ1) is 18.1. The number of amides is 2. The Morgan fingerprint density at radius 3 is 2.73 bits per heavy atom. The second kappa shape index (κ2) is 7.70. The summed E-state index contributed by atoms with van der Waals surface area (Å²) < 4.78 is 14.6. The van der Waals surface area contributed by atoms with Gasteiger partial charge in [0, 0.05) is 34.9 Å². The van der Waals surface area contributed by atoms with Gasteiger partial charge in [0.25, 0.3) is 0 Å². The summed E-state index contributed by atoms with van der Waals surface area (Å²) in [5, 5.41) is 6.16. The molecule has 0 aliphatic heterocycles. The van der Waals surface area contributed by atoms with E-state index in [2.05, 4.69) is 31.5 Å². The molecule has 3 rings (SSSR count). The van der Waals surface area contributed by atoms with Crippen LogP contribution in [0.5, 0.6) is 0 Å². The van der Waals surface area contributed by atoms with Crippen LogP contribution in [0.4, 0.5) is 10.1 Å². The summed E-state index contributed by atoms with van der Waals surface area (Å²) in [6.45, 7) is 1.34. The molecular weight excluding hydrogens is 401 g/mol. The van der Waals surface area contributed by atoms with E-state index in [1.54, 1.807) is 6.07 Å². The van der Waals surface area contributed by atoms with E-state index in [4.69, 9.17) is 0 Å². The zero-order valence-electron chi connectivity index (χ0n) is 14.0. The van der Waals surface area contributed by atoms with Crippen LogP contribution in [-0.4, -0.2) is 22.8 Å². The summed E-state index contributed by atoms with van der Waals surface area (Å²) in [6, 6.07) is 11.2. The second-order valence-corrected chi connectivity index (χ2v) is 6.85. The van der Waals surface area contributed by atoms with Gasteiger partial charge < -0.3 is 15.6 Å². The minimum absolute atomic E-state index is 0.0625. The fraction of sp³-hybridized carbons (Fsp3) is 0.158. The quantitative estimate of drug-likeness (QED) is 0.591. The van der Waals surface area contributed by atoms with Crippen LogP contribution in [0.25, 0.3) is 10.9 Å². The third-order valence-corrected chi connectivity index (χ3v) is 4.48. The number of aromatic amines is 1. The van der Waals surface area contributed by atoms with Crippen molar-refractivity contribution in [2.45, 2.75) is 19.4 Å². The highest BCUT2D eigenvalue weighted by atomic mass is 79.9. The third-order valence-electron chi connectivity index (χ3n) is 3.98.